The maximum absolute atomic E-state index is 13.4. The largest absolute Gasteiger partial charge is 0.331 e. The lowest BCUT2D eigenvalue weighted by Gasteiger charge is -2.23. The Labute approximate surface area is 188 Å². The van der Waals surface area contributed by atoms with Crippen LogP contribution in [0.15, 0.2) is 78.9 Å². The molecule has 0 radical (unpaired) electrons. The number of halogens is 1. The Kier molecular flexibility index (Phi) is 6.68. The number of rotatable bonds is 8. The van der Waals surface area contributed by atoms with Crippen molar-refractivity contribution < 1.29 is 4.79 Å². The van der Waals surface area contributed by atoms with Gasteiger partial charge in [0.1, 0.15) is 5.82 Å². The third-order valence-corrected chi connectivity index (χ3v) is 5.73. The molecule has 0 aliphatic rings. The van der Waals surface area contributed by atoms with Crippen LogP contribution in [0.3, 0.4) is 0 Å². The smallest absolute Gasteiger partial charge is 0.255 e. The van der Waals surface area contributed by atoms with E-state index in [9.17, 15) is 4.79 Å². The topological polar surface area (TPSA) is 38.1 Å². The Morgan fingerprint density at radius 3 is 2.42 bits per heavy atom. The highest BCUT2D eigenvalue weighted by molar-refractivity contribution is 6.33. The lowest BCUT2D eigenvalue weighted by atomic mass is 10.1. The number of para-hydroxylation sites is 3. The molecule has 4 aromatic rings. The fraction of sp³-hybridized carbons (Fsp3) is 0.231. The first-order valence-corrected chi connectivity index (χ1v) is 11.1. The van der Waals surface area contributed by atoms with Crippen molar-refractivity contribution in [2.45, 2.75) is 32.7 Å². The zero-order valence-corrected chi connectivity index (χ0v) is 18.4. The zero-order chi connectivity index (χ0) is 21.6. The molecular weight excluding hydrogens is 406 g/mol. The summed E-state index contributed by atoms with van der Waals surface area (Å²) >= 11 is 6.35. The first-order valence-electron chi connectivity index (χ1n) is 10.7. The standard InChI is InChI=1S/C26H26ClN3O/c1-2-3-11-18-29(26(31)21-14-7-8-15-22(21)27)19-25-28-23-16-9-10-17-24(23)30(25)20-12-5-4-6-13-20/h4-10,12-17H,2-3,11,18-19H2,1H3. The SMILES string of the molecule is CCCCCN(Cc1nc2ccccc2n1-c1ccccc1)C(=O)c1ccccc1Cl. The van der Waals surface area contributed by atoms with E-state index < -0.39 is 0 Å². The summed E-state index contributed by atoms with van der Waals surface area (Å²) in [4.78, 5) is 20.2. The van der Waals surface area contributed by atoms with E-state index in [1.165, 1.54) is 0 Å². The van der Waals surface area contributed by atoms with E-state index >= 15 is 0 Å². The Balaban J connectivity index is 1.74. The third kappa shape index (κ3) is 4.64. The Hall–Kier alpha value is -3.11. The zero-order valence-electron chi connectivity index (χ0n) is 17.7. The van der Waals surface area contributed by atoms with Crippen LogP contribution in [-0.2, 0) is 6.54 Å². The van der Waals surface area contributed by atoms with Crippen molar-refractivity contribution in [3.63, 3.8) is 0 Å². The summed E-state index contributed by atoms with van der Waals surface area (Å²) in [5, 5.41) is 0.476. The minimum atomic E-state index is -0.0617. The van der Waals surface area contributed by atoms with Gasteiger partial charge in [-0.05, 0) is 42.8 Å². The number of carbonyl (C=O) groups is 1. The quantitative estimate of drug-likeness (QED) is 0.298. The van der Waals surface area contributed by atoms with Gasteiger partial charge in [-0.15, -0.1) is 0 Å². The molecule has 0 saturated heterocycles. The molecule has 0 atom stereocenters. The summed E-state index contributed by atoms with van der Waals surface area (Å²) in [7, 11) is 0. The van der Waals surface area contributed by atoms with Crippen molar-refractivity contribution >= 4 is 28.5 Å². The number of carbonyl (C=O) groups excluding carboxylic acids is 1. The molecule has 0 bridgehead atoms. The number of fused-ring (bicyclic) bond motifs is 1. The van der Waals surface area contributed by atoms with E-state index in [1.807, 2.05) is 53.4 Å². The van der Waals surface area contributed by atoms with Crippen LogP contribution in [0.4, 0.5) is 0 Å². The molecule has 31 heavy (non-hydrogen) atoms. The first kappa shape index (κ1) is 21.1. The van der Waals surface area contributed by atoms with Crippen molar-refractivity contribution in [3.05, 3.63) is 95.3 Å². The summed E-state index contributed by atoms with van der Waals surface area (Å²) < 4.78 is 2.14. The van der Waals surface area contributed by atoms with Gasteiger partial charge < -0.3 is 4.90 Å². The van der Waals surface area contributed by atoms with Crippen molar-refractivity contribution in [3.8, 4) is 5.69 Å². The summed E-state index contributed by atoms with van der Waals surface area (Å²) in [6.07, 6.45) is 3.11. The molecule has 0 spiro atoms. The molecular formula is C26H26ClN3O. The predicted octanol–water partition coefficient (Wildman–Crippen LogP) is 6.51. The normalized spacial score (nSPS) is 11.0. The molecule has 1 heterocycles. The summed E-state index contributed by atoms with van der Waals surface area (Å²) in [5.74, 6) is 0.776. The Morgan fingerprint density at radius 2 is 1.65 bits per heavy atom. The Bertz CT molecular complexity index is 1170. The average Bonchev–Trinajstić information content (AvgIpc) is 3.17. The molecule has 0 unspecified atom stereocenters. The van der Waals surface area contributed by atoms with Gasteiger partial charge in [0.15, 0.2) is 0 Å². The fourth-order valence-corrected chi connectivity index (χ4v) is 4.04. The molecule has 4 nitrogen and oxygen atoms in total. The first-order chi connectivity index (χ1) is 15.2. The van der Waals surface area contributed by atoms with Crippen molar-refractivity contribution in [1.29, 1.82) is 0 Å². The molecule has 0 aliphatic heterocycles. The molecule has 158 valence electrons. The highest BCUT2D eigenvalue weighted by Gasteiger charge is 2.22. The van der Waals surface area contributed by atoms with E-state index in [1.54, 1.807) is 12.1 Å². The minimum Gasteiger partial charge on any atom is -0.331 e. The van der Waals surface area contributed by atoms with Gasteiger partial charge in [0.2, 0.25) is 0 Å². The molecule has 0 aliphatic carbocycles. The summed E-state index contributed by atoms with van der Waals surface area (Å²) in [6, 6.07) is 25.5. The molecule has 3 aromatic carbocycles. The number of unbranched alkanes of at least 4 members (excludes halogenated alkanes) is 2. The highest BCUT2D eigenvalue weighted by Crippen LogP contribution is 2.24. The number of hydrogen-bond donors (Lipinski definition) is 0. The highest BCUT2D eigenvalue weighted by atomic mass is 35.5. The van der Waals surface area contributed by atoms with Crippen LogP contribution >= 0.6 is 11.6 Å². The van der Waals surface area contributed by atoms with Crippen LogP contribution in [0.2, 0.25) is 5.02 Å². The fourth-order valence-electron chi connectivity index (χ4n) is 3.83. The minimum absolute atomic E-state index is 0.0617. The number of hydrogen-bond acceptors (Lipinski definition) is 2. The molecule has 1 aromatic heterocycles. The number of aromatic nitrogens is 2. The van der Waals surface area contributed by atoms with Crippen LogP contribution in [0.25, 0.3) is 16.7 Å². The van der Waals surface area contributed by atoms with Gasteiger partial charge in [0.25, 0.3) is 5.91 Å². The number of benzene rings is 3. The number of nitrogens with zero attached hydrogens (tertiary/aromatic N) is 3. The average molecular weight is 432 g/mol. The van der Waals surface area contributed by atoms with E-state index in [4.69, 9.17) is 16.6 Å². The van der Waals surface area contributed by atoms with Gasteiger partial charge >= 0.3 is 0 Å². The second-order valence-electron chi connectivity index (χ2n) is 7.60. The van der Waals surface area contributed by atoms with E-state index in [-0.39, 0.29) is 5.91 Å². The van der Waals surface area contributed by atoms with Crippen molar-refractivity contribution in [2.75, 3.05) is 6.54 Å². The van der Waals surface area contributed by atoms with Gasteiger partial charge in [-0.1, -0.05) is 73.8 Å². The van der Waals surface area contributed by atoms with Gasteiger partial charge in [-0.3, -0.25) is 9.36 Å². The van der Waals surface area contributed by atoms with Gasteiger partial charge in [-0.25, -0.2) is 4.98 Å². The van der Waals surface area contributed by atoms with E-state index in [2.05, 4.69) is 29.7 Å². The lowest BCUT2D eigenvalue weighted by Crippen LogP contribution is -2.32. The van der Waals surface area contributed by atoms with Crippen LogP contribution in [-0.4, -0.2) is 26.9 Å². The second kappa shape index (κ2) is 9.80. The van der Waals surface area contributed by atoms with Crippen LogP contribution in [0.5, 0.6) is 0 Å². The van der Waals surface area contributed by atoms with Gasteiger partial charge in [0, 0.05) is 12.2 Å². The number of amides is 1. The predicted molar refractivity (Wildman–Crippen MR) is 127 cm³/mol. The van der Waals surface area contributed by atoms with Crippen LogP contribution < -0.4 is 0 Å². The van der Waals surface area contributed by atoms with Crippen LogP contribution in [0.1, 0.15) is 42.4 Å². The van der Waals surface area contributed by atoms with Crippen molar-refractivity contribution in [1.82, 2.24) is 14.5 Å². The molecule has 0 N–H and O–H groups in total. The van der Waals surface area contributed by atoms with Gasteiger partial charge in [0.05, 0.1) is 28.2 Å². The molecule has 5 heteroatoms. The maximum atomic E-state index is 13.4. The lowest BCUT2D eigenvalue weighted by molar-refractivity contribution is 0.0735. The summed E-state index contributed by atoms with van der Waals surface area (Å²) in [5.41, 5.74) is 3.51. The van der Waals surface area contributed by atoms with E-state index in [0.29, 0.717) is 23.7 Å². The Morgan fingerprint density at radius 1 is 0.935 bits per heavy atom. The van der Waals surface area contributed by atoms with Crippen molar-refractivity contribution in [2.24, 2.45) is 0 Å². The molecule has 4 rings (SSSR count). The number of imidazole rings is 1. The monoisotopic (exact) mass is 431 g/mol. The second-order valence-corrected chi connectivity index (χ2v) is 8.01. The van der Waals surface area contributed by atoms with Crippen LogP contribution in [0, 0.1) is 0 Å². The summed E-state index contributed by atoms with van der Waals surface area (Å²) in [6.45, 7) is 3.24. The van der Waals surface area contributed by atoms with E-state index in [0.717, 1.165) is 41.8 Å². The molecule has 0 fully saturated rings. The van der Waals surface area contributed by atoms with Gasteiger partial charge in [-0.2, -0.15) is 0 Å². The maximum Gasteiger partial charge on any atom is 0.255 e. The molecule has 0 saturated carbocycles. The molecule has 1 amide bonds. The third-order valence-electron chi connectivity index (χ3n) is 5.40.